The first kappa shape index (κ1) is 13.5. The summed E-state index contributed by atoms with van der Waals surface area (Å²) < 4.78 is 0. The van der Waals surface area contributed by atoms with Gasteiger partial charge in [-0.15, -0.1) is 0 Å². The number of thioether (sulfide) groups is 1. The van der Waals surface area contributed by atoms with Crippen LogP contribution in [0.2, 0.25) is 5.02 Å². The third-order valence-electron chi connectivity index (χ3n) is 2.99. The lowest BCUT2D eigenvalue weighted by Crippen LogP contribution is -2.41. The number of aromatic nitrogens is 1. The number of carbonyl (C=O) groups excluding carboxylic acids is 1. The van der Waals surface area contributed by atoms with Crippen molar-refractivity contribution in [2.24, 2.45) is 0 Å². The monoisotopic (exact) mass is 285 g/mol. The maximum atomic E-state index is 12.4. The number of nitrogens with zero attached hydrogens (tertiary/aromatic N) is 2. The Balaban J connectivity index is 2.17. The fourth-order valence-electron chi connectivity index (χ4n) is 1.94. The third-order valence-corrected chi connectivity index (χ3v) is 4.66. The summed E-state index contributed by atoms with van der Waals surface area (Å²) in [6.45, 7) is 3.68. The number of halogens is 1. The van der Waals surface area contributed by atoms with Crippen LogP contribution in [0.3, 0.4) is 0 Å². The highest BCUT2D eigenvalue weighted by Crippen LogP contribution is 2.24. The van der Waals surface area contributed by atoms with Crippen molar-refractivity contribution in [1.29, 1.82) is 0 Å². The predicted molar refractivity (Wildman–Crippen MR) is 76.1 cm³/mol. The van der Waals surface area contributed by atoms with E-state index in [0.717, 1.165) is 25.3 Å². The summed E-state index contributed by atoms with van der Waals surface area (Å²) in [4.78, 5) is 18.1. The van der Waals surface area contributed by atoms with E-state index < -0.39 is 0 Å². The van der Waals surface area contributed by atoms with Crippen LogP contribution in [0.1, 0.15) is 23.7 Å². The Morgan fingerprint density at radius 1 is 1.72 bits per heavy atom. The Kier molecular flexibility index (Phi) is 4.35. The number of carbonyl (C=O) groups is 1. The molecule has 6 heteroatoms. The van der Waals surface area contributed by atoms with E-state index in [-0.39, 0.29) is 5.91 Å². The molecule has 0 aliphatic carbocycles. The lowest BCUT2D eigenvalue weighted by atomic mass is 10.2. The summed E-state index contributed by atoms with van der Waals surface area (Å²) in [6, 6.07) is 1.55. The van der Waals surface area contributed by atoms with Crippen LogP contribution in [0.25, 0.3) is 0 Å². The van der Waals surface area contributed by atoms with Crippen molar-refractivity contribution in [3.63, 3.8) is 0 Å². The molecule has 0 spiro atoms. The summed E-state index contributed by atoms with van der Waals surface area (Å²) in [5.74, 6) is 1.25. The quantitative estimate of drug-likeness (QED) is 0.906. The summed E-state index contributed by atoms with van der Waals surface area (Å²) >= 11 is 7.93. The molecule has 4 nitrogen and oxygen atoms in total. The van der Waals surface area contributed by atoms with Crippen molar-refractivity contribution in [3.8, 4) is 0 Å². The van der Waals surface area contributed by atoms with E-state index in [9.17, 15) is 4.79 Å². The van der Waals surface area contributed by atoms with E-state index in [0.29, 0.717) is 21.7 Å². The van der Waals surface area contributed by atoms with Gasteiger partial charge in [-0.1, -0.05) is 18.5 Å². The van der Waals surface area contributed by atoms with Crippen LogP contribution < -0.4 is 5.73 Å². The van der Waals surface area contributed by atoms with Crippen molar-refractivity contribution in [2.75, 3.05) is 24.6 Å². The van der Waals surface area contributed by atoms with Crippen LogP contribution in [-0.4, -0.2) is 39.9 Å². The number of hydrogen-bond donors (Lipinski definition) is 1. The Morgan fingerprint density at radius 2 is 2.50 bits per heavy atom. The van der Waals surface area contributed by atoms with Crippen LogP contribution >= 0.6 is 23.4 Å². The van der Waals surface area contributed by atoms with Crippen LogP contribution in [0.5, 0.6) is 0 Å². The normalized spacial score (nSPS) is 19.9. The predicted octanol–water partition coefficient (Wildman–Crippen LogP) is 2.28. The minimum atomic E-state index is -0.0483. The van der Waals surface area contributed by atoms with Gasteiger partial charge in [-0.25, -0.2) is 4.98 Å². The molecule has 2 N–H and O–H groups in total. The average molecular weight is 286 g/mol. The largest absolute Gasteiger partial charge is 0.384 e. The van der Waals surface area contributed by atoms with Crippen LogP contribution in [0, 0.1) is 0 Å². The van der Waals surface area contributed by atoms with E-state index in [1.54, 1.807) is 6.07 Å². The van der Waals surface area contributed by atoms with Gasteiger partial charge in [-0.05, 0) is 12.5 Å². The van der Waals surface area contributed by atoms with Crippen molar-refractivity contribution in [1.82, 2.24) is 9.88 Å². The molecule has 1 atom stereocenters. The van der Waals surface area contributed by atoms with Crippen molar-refractivity contribution < 1.29 is 4.79 Å². The molecule has 1 aromatic rings. The molecule has 2 heterocycles. The van der Waals surface area contributed by atoms with Gasteiger partial charge in [-0.3, -0.25) is 4.79 Å². The number of nitrogen functional groups attached to an aromatic ring is 1. The molecule has 0 bridgehead atoms. The number of rotatable bonds is 2. The lowest BCUT2D eigenvalue weighted by molar-refractivity contribution is 0.0761. The number of hydrogen-bond acceptors (Lipinski definition) is 4. The topological polar surface area (TPSA) is 59.2 Å². The second-order valence-corrected chi connectivity index (χ2v) is 6.06. The molecule has 1 aliphatic rings. The summed E-state index contributed by atoms with van der Waals surface area (Å²) in [6.07, 6.45) is 2.50. The molecule has 1 saturated heterocycles. The van der Waals surface area contributed by atoms with Gasteiger partial charge in [0.05, 0.1) is 10.6 Å². The van der Waals surface area contributed by atoms with Gasteiger partial charge in [-0.2, -0.15) is 11.8 Å². The van der Waals surface area contributed by atoms with E-state index in [2.05, 4.69) is 11.9 Å². The van der Waals surface area contributed by atoms with Gasteiger partial charge in [0, 0.05) is 30.3 Å². The Bertz CT molecular complexity index is 455. The molecular formula is C12H16ClN3OS. The maximum Gasteiger partial charge on any atom is 0.255 e. The fraction of sp³-hybridized carbons (Fsp3) is 0.500. The molecule has 1 unspecified atom stereocenters. The zero-order chi connectivity index (χ0) is 13.1. The molecule has 1 aromatic heterocycles. The lowest BCUT2D eigenvalue weighted by Gasteiger charge is -2.32. The van der Waals surface area contributed by atoms with Gasteiger partial charge in [0.15, 0.2) is 0 Å². The van der Waals surface area contributed by atoms with Gasteiger partial charge < -0.3 is 10.6 Å². The summed E-state index contributed by atoms with van der Waals surface area (Å²) in [5.41, 5.74) is 6.05. The van der Waals surface area contributed by atoms with Crippen molar-refractivity contribution in [2.45, 2.75) is 18.6 Å². The second kappa shape index (κ2) is 5.80. The first-order valence-corrected chi connectivity index (χ1v) is 7.36. The molecular weight excluding hydrogens is 270 g/mol. The highest BCUT2D eigenvalue weighted by atomic mass is 35.5. The van der Waals surface area contributed by atoms with Crippen molar-refractivity contribution >= 4 is 35.1 Å². The molecule has 98 valence electrons. The third kappa shape index (κ3) is 2.90. The molecule has 2 rings (SSSR count). The van der Waals surface area contributed by atoms with Gasteiger partial charge >= 0.3 is 0 Å². The summed E-state index contributed by atoms with van der Waals surface area (Å²) in [5, 5.41) is 0.876. The minimum absolute atomic E-state index is 0.0483. The van der Waals surface area contributed by atoms with Crippen LogP contribution in [-0.2, 0) is 0 Å². The van der Waals surface area contributed by atoms with Gasteiger partial charge in [0.25, 0.3) is 5.91 Å². The zero-order valence-corrected chi connectivity index (χ0v) is 11.8. The molecule has 0 aromatic carbocycles. The van der Waals surface area contributed by atoms with E-state index >= 15 is 0 Å². The zero-order valence-electron chi connectivity index (χ0n) is 10.2. The average Bonchev–Trinajstić information content (AvgIpc) is 2.41. The SMILES string of the molecule is CCC1CN(C(=O)c2cc(N)ncc2Cl)CCS1. The standard InChI is InChI=1S/C12H16ClN3OS/c1-2-8-7-16(3-4-18-8)12(17)9-5-11(14)15-6-10(9)13/h5-6,8H,2-4,7H2,1H3,(H2,14,15). The highest BCUT2D eigenvalue weighted by molar-refractivity contribution is 8.00. The smallest absolute Gasteiger partial charge is 0.255 e. The molecule has 1 amide bonds. The number of anilines is 1. The highest BCUT2D eigenvalue weighted by Gasteiger charge is 2.25. The Labute approximate surface area is 116 Å². The molecule has 0 radical (unpaired) electrons. The number of amides is 1. The van der Waals surface area contributed by atoms with E-state index in [1.165, 1.54) is 6.20 Å². The van der Waals surface area contributed by atoms with Gasteiger partial charge in [0.1, 0.15) is 5.82 Å². The summed E-state index contributed by atoms with van der Waals surface area (Å²) in [7, 11) is 0. The molecule has 0 saturated carbocycles. The molecule has 18 heavy (non-hydrogen) atoms. The number of pyridine rings is 1. The first-order valence-electron chi connectivity index (χ1n) is 5.93. The Morgan fingerprint density at radius 3 is 3.22 bits per heavy atom. The van der Waals surface area contributed by atoms with Crippen LogP contribution in [0.15, 0.2) is 12.3 Å². The molecule has 1 fully saturated rings. The second-order valence-electron chi connectivity index (χ2n) is 4.24. The van der Waals surface area contributed by atoms with Crippen LogP contribution in [0.4, 0.5) is 5.82 Å². The first-order chi connectivity index (χ1) is 8.61. The van der Waals surface area contributed by atoms with Crippen molar-refractivity contribution in [3.05, 3.63) is 22.8 Å². The Hall–Kier alpha value is -0.940. The minimum Gasteiger partial charge on any atom is -0.384 e. The van der Waals surface area contributed by atoms with E-state index in [1.807, 2.05) is 16.7 Å². The molecule has 1 aliphatic heterocycles. The number of nitrogens with two attached hydrogens (primary N) is 1. The van der Waals surface area contributed by atoms with E-state index in [4.69, 9.17) is 17.3 Å². The maximum absolute atomic E-state index is 12.4. The van der Waals surface area contributed by atoms with Gasteiger partial charge in [0.2, 0.25) is 0 Å². The fourth-order valence-corrected chi connectivity index (χ4v) is 3.30.